The van der Waals surface area contributed by atoms with Crippen LogP contribution in [0.1, 0.15) is 64.5 Å². The minimum atomic E-state index is 0.855. The predicted octanol–water partition coefficient (Wildman–Crippen LogP) is 5.98. The van der Waals surface area contributed by atoms with E-state index in [0.29, 0.717) is 0 Å². The van der Waals surface area contributed by atoms with E-state index in [4.69, 9.17) is 0 Å². The van der Waals surface area contributed by atoms with Crippen LogP contribution < -0.4 is 5.73 Å². The van der Waals surface area contributed by atoms with E-state index >= 15 is 0 Å². The lowest BCUT2D eigenvalue weighted by Crippen LogP contribution is -2.28. The van der Waals surface area contributed by atoms with Gasteiger partial charge in [-0.3, -0.25) is 0 Å². The highest BCUT2D eigenvalue weighted by Gasteiger charge is 2.30. The van der Waals surface area contributed by atoms with Crippen LogP contribution >= 0.6 is 0 Å². The average Bonchev–Trinajstić information content (AvgIpc) is 2.53. The first-order valence-electron chi connectivity index (χ1n) is 9.42. The number of nitrogens with two attached hydrogens (primary N) is 1. The van der Waals surface area contributed by atoms with Crippen LogP contribution in [0.3, 0.4) is 0 Å². The normalized spacial score (nSPS) is 24.0. The molecule has 0 amide bonds. The molecule has 0 heterocycles. The van der Waals surface area contributed by atoms with E-state index in [0.717, 1.165) is 23.7 Å². The Kier molecular flexibility index (Phi) is 9.06. The Labute approximate surface area is 144 Å². The van der Waals surface area contributed by atoms with E-state index in [-0.39, 0.29) is 0 Å². The summed E-state index contributed by atoms with van der Waals surface area (Å²) in [4.78, 5) is 0. The number of rotatable bonds is 5. The third kappa shape index (κ3) is 6.41. The second-order valence-electron chi connectivity index (χ2n) is 7.48. The van der Waals surface area contributed by atoms with E-state index in [1.54, 1.807) is 11.1 Å². The molecule has 1 saturated carbocycles. The molecule has 0 aliphatic heterocycles. The third-order valence-corrected chi connectivity index (χ3v) is 5.44. The Hall–Kier alpha value is -1.24. The maximum Gasteiger partial charge on any atom is -0.0136 e. The van der Waals surface area contributed by atoms with Gasteiger partial charge >= 0.3 is 0 Å². The van der Waals surface area contributed by atoms with Gasteiger partial charge in [-0.25, -0.2) is 0 Å². The number of hydrogen-bond acceptors (Lipinski definition) is 1. The van der Waals surface area contributed by atoms with Crippen molar-refractivity contribution in [1.82, 2.24) is 0 Å². The first kappa shape index (κ1) is 19.8. The molecule has 0 aromatic heterocycles. The molecule has 1 nitrogen and oxygen atoms in total. The molecule has 1 aromatic carbocycles. The molecule has 0 saturated heterocycles. The molecule has 1 fully saturated rings. The second-order valence-corrected chi connectivity index (χ2v) is 7.48. The zero-order valence-corrected chi connectivity index (χ0v) is 15.7. The monoisotopic (exact) mass is 315 g/mol. The maximum absolute atomic E-state index is 4.61. The molecule has 2 unspecified atom stereocenters. The molecule has 1 aliphatic carbocycles. The van der Waals surface area contributed by atoms with Gasteiger partial charge in [-0.15, -0.1) is 0 Å². The standard InChI is InChI=1S/C20H32.C2H5N/c1-5-17-8-6-7-9-18(17)11-12-19-14-16(4)10-13-20(19)15(2)3;1-2-3/h6-9,15-16,19-20H,5,10-14H2,1-4H3;2H,1,3H2/t16?,19?,20-;/m0./s1. The average molecular weight is 316 g/mol. The topological polar surface area (TPSA) is 26.0 Å². The van der Waals surface area contributed by atoms with Crippen molar-refractivity contribution in [3.63, 3.8) is 0 Å². The lowest BCUT2D eigenvalue weighted by Gasteiger charge is -2.37. The van der Waals surface area contributed by atoms with E-state index in [1.165, 1.54) is 44.7 Å². The van der Waals surface area contributed by atoms with Crippen LogP contribution in [0.25, 0.3) is 0 Å². The van der Waals surface area contributed by atoms with Crippen molar-refractivity contribution >= 4 is 0 Å². The molecule has 23 heavy (non-hydrogen) atoms. The van der Waals surface area contributed by atoms with E-state index in [2.05, 4.69) is 64.3 Å². The summed E-state index contributed by atoms with van der Waals surface area (Å²) in [5, 5.41) is 0. The number of hydrogen-bond donors (Lipinski definition) is 1. The Morgan fingerprint density at radius 1 is 1.22 bits per heavy atom. The smallest absolute Gasteiger partial charge is 0.0136 e. The highest BCUT2D eigenvalue weighted by molar-refractivity contribution is 5.27. The predicted molar refractivity (Wildman–Crippen MR) is 103 cm³/mol. The summed E-state index contributed by atoms with van der Waals surface area (Å²) < 4.78 is 0. The molecule has 0 radical (unpaired) electrons. The second kappa shape index (κ2) is 10.5. The fraction of sp³-hybridized carbons (Fsp3) is 0.636. The number of benzene rings is 1. The third-order valence-electron chi connectivity index (χ3n) is 5.44. The summed E-state index contributed by atoms with van der Waals surface area (Å²) in [6.45, 7) is 12.7. The van der Waals surface area contributed by atoms with Gasteiger partial charge in [0.15, 0.2) is 0 Å². The van der Waals surface area contributed by atoms with E-state index < -0.39 is 0 Å². The summed E-state index contributed by atoms with van der Waals surface area (Å²) in [6, 6.07) is 9.04. The minimum Gasteiger partial charge on any atom is -0.405 e. The van der Waals surface area contributed by atoms with Gasteiger partial charge in [0.05, 0.1) is 0 Å². The fourth-order valence-corrected chi connectivity index (χ4v) is 4.22. The van der Waals surface area contributed by atoms with Crippen molar-refractivity contribution in [1.29, 1.82) is 0 Å². The van der Waals surface area contributed by atoms with Crippen LogP contribution in [-0.4, -0.2) is 0 Å². The Morgan fingerprint density at radius 2 is 1.83 bits per heavy atom. The molecule has 2 N–H and O–H groups in total. The van der Waals surface area contributed by atoms with Crippen LogP contribution in [0.2, 0.25) is 0 Å². The van der Waals surface area contributed by atoms with E-state index in [9.17, 15) is 0 Å². The Bertz CT molecular complexity index is 449. The molecular formula is C22H37N. The first-order chi connectivity index (χ1) is 11.0. The molecule has 3 atom stereocenters. The zero-order valence-electron chi connectivity index (χ0n) is 15.7. The van der Waals surface area contributed by atoms with Gasteiger partial charge in [0.25, 0.3) is 0 Å². The molecule has 2 rings (SSSR count). The van der Waals surface area contributed by atoms with Gasteiger partial charge in [0.1, 0.15) is 0 Å². The molecule has 0 spiro atoms. The van der Waals surface area contributed by atoms with Crippen molar-refractivity contribution in [2.45, 2.75) is 66.2 Å². The molecule has 130 valence electrons. The summed E-state index contributed by atoms with van der Waals surface area (Å²) in [6.07, 6.45) is 9.46. The van der Waals surface area contributed by atoms with Crippen LogP contribution in [-0.2, 0) is 12.8 Å². The maximum atomic E-state index is 4.61. The van der Waals surface area contributed by atoms with Gasteiger partial charge in [-0.1, -0.05) is 65.0 Å². The summed E-state index contributed by atoms with van der Waals surface area (Å²) >= 11 is 0. The van der Waals surface area contributed by atoms with Crippen LogP contribution in [0.15, 0.2) is 37.0 Å². The zero-order chi connectivity index (χ0) is 17.2. The largest absolute Gasteiger partial charge is 0.405 e. The van der Waals surface area contributed by atoms with Crippen molar-refractivity contribution in [2.75, 3.05) is 0 Å². The summed E-state index contributed by atoms with van der Waals surface area (Å²) in [7, 11) is 0. The minimum absolute atomic E-state index is 0.855. The van der Waals surface area contributed by atoms with Crippen molar-refractivity contribution in [3.8, 4) is 0 Å². The van der Waals surface area contributed by atoms with Gasteiger partial charge in [0, 0.05) is 0 Å². The quantitative estimate of drug-likeness (QED) is 0.710. The highest BCUT2D eigenvalue weighted by atomic mass is 14.5. The first-order valence-corrected chi connectivity index (χ1v) is 9.42. The Morgan fingerprint density at radius 3 is 2.39 bits per heavy atom. The van der Waals surface area contributed by atoms with Crippen LogP contribution in [0.4, 0.5) is 0 Å². The lowest BCUT2D eigenvalue weighted by atomic mass is 9.68. The molecular weight excluding hydrogens is 278 g/mol. The van der Waals surface area contributed by atoms with Crippen molar-refractivity contribution in [3.05, 3.63) is 48.2 Å². The lowest BCUT2D eigenvalue weighted by molar-refractivity contribution is 0.136. The van der Waals surface area contributed by atoms with Gasteiger partial charge in [-0.05, 0) is 73.1 Å². The van der Waals surface area contributed by atoms with Gasteiger partial charge < -0.3 is 5.73 Å². The summed E-state index contributed by atoms with van der Waals surface area (Å²) in [5.74, 6) is 3.70. The van der Waals surface area contributed by atoms with Gasteiger partial charge in [-0.2, -0.15) is 0 Å². The van der Waals surface area contributed by atoms with Crippen molar-refractivity contribution in [2.24, 2.45) is 29.4 Å². The molecule has 1 aromatic rings. The number of aryl methyl sites for hydroxylation is 2. The Balaban J connectivity index is 0.000000816. The van der Waals surface area contributed by atoms with E-state index in [1.807, 2.05) is 0 Å². The molecule has 0 bridgehead atoms. The van der Waals surface area contributed by atoms with Crippen LogP contribution in [0, 0.1) is 23.7 Å². The SMILES string of the molecule is C=CN.CCc1ccccc1CCC1CC(C)CC[C@H]1C(C)C. The fourth-order valence-electron chi connectivity index (χ4n) is 4.22. The van der Waals surface area contributed by atoms with Crippen molar-refractivity contribution < 1.29 is 0 Å². The van der Waals surface area contributed by atoms with Crippen LogP contribution in [0.5, 0.6) is 0 Å². The summed E-state index contributed by atoms with van der Waals surface area (Å²) in [5.41, 5.74) is 7.76. The molecule has 1 aliphatic rings. The molecule has 1 heteroatoms. The highest BCUT2D eigenvalue weighted by Crippen LogP contribution is 2.40. The van der Waals surface area contributed by atoms with Gasteiger partial charge in [0.2, 0.25) is 0 Å².